The van der Waals surface area contributed by atoms with Gasteiger partial charge in [0.1, 0.15) is 30.6 Å². The minimum Gasteiger partial charge on any atom is -0.480 e. The third kappa shape index (κ3) is 2.84. The molecule has 0 amide bonds. The summed E-state index contributed by atoms with van der Waals surface area (Å²) in [5.41, 5.74) is 0. The maximum Gasteiger partial charge on any atom is 0.321 e. The predicted molar refractivity (Wildman–Crippen MR) is 56.2 cm³/mol. The van der Waals surface area contributed by atoms with E-state index >= 15 is 0 Å². The van der Waals surface area contributed by atoms with Crippen LogP contribution >= 0.6 is 12.6 Å². The van der Waals surface area contributed by atoms with Crippen LogP contribution in [0.3, 0.4) is 0 Å². The molecule has 1 heterocycles. The number of nitrogens with one attached hydrogen (secondary N) is 1. The average molecular weight is 253 g/mol. The molecule has 0 aromatic rings. The summed E-state index contributed by atoms with van der Waals surface area (Å²) in [6.45, 7) is -0.449. The Kier molecular flexibility index (Phi) is 4.96. The van der Waals surface area contributed by atoms with Gasteiger partial charge in [-0.1, -0.05) is 0 Å². The van der Waals surface area contributed by atoms with E-state index in [-0.39, 0.29) is 5.75 Å². The fraction of sp³-hybridized carbons (Fsp3) is 0.875. The molecule has 1 fully saturated rings. The van der Waals surface area contributed by atoms with E-state index in [0.717, 1.165) is 0 Å². The molecule has 0 spiro atoms. The molecule has 1 saturated heterocycles. The summed E-state index contributed by atoms with van der Waals surface area (Å²) in [6.07, 6.45) is -4.46. The summed E-state index contributed by atoms with van der Waals surface area (Å²) < 4.78 is 5.06. The van der Waals surface area contributed by atoms with E-state index < -0.39 is 43.2 Å². The number of aliphatic hydroxyl groups excluding tert-OH is 3. The van der Waals surface area contributed by atoms with E-state index in [9.17, 15) is 15.0 Å². The molecule has 8 heteroatoms. The highest BCUT2D eigenvalue weighted by Gasteiger charge is 2.43. The molecular weight excluding hydrogens is 238 g/mol. The van der Waals surface area contributed by atoms with E-state index in [1.54, 1.807) is 0 Å². The minimum atomic E-state index is -1.28. The molecule has 0 aliphatic carbocycles. The normalized spacial score (nSPS) is 36.2. The van der Waals surface area contributed by atoms with Gasteiger partial charge in [0.25, 0.3) is 0 Å². The first-order valence-corrected chi connectivity index (χ1v) is 5.36. The van der Waals surface area contributed by atoms with Crippen molar-refractivity contribution in [3.63, 3.8) is 0 Å². The molecule has 0 radical (unpaired) electrons. The molecule has 1 rings (SSSR count). The Morgan fingerprint density at radius 3 is 2.44 bits per heavy atom. The van der Waals surface area contributed by atoms with Gasteiger partial charge in [0, 0.05) is 5.75 Å². The highest BCUT2D eigenvalue weighted by molar-refractivity contribution is 7.80. The Bertz CT molecular complexity index is 253. The van der Waals surface area contributed by atoms with Crippen LogP contribution in [0.1, 0.15) is 0 Å². The van der Waals surface area contributed by atoms with Crippen LogP contribution in [0.4, 0.5) is 0 Å². The first kappa shape index (κ1) is 13.7. The number of hydrogen-bond donors (Lipinski definition) is 6. The third-order valence-electron chi connectivity index (χ3n) is 2.39. The minimum absolute atomic E-state index is 0.0157. The number of aliphatic hydroxyl groups is 3. The van der Waals surface area contributed by atoms with Crippen LogP contribution in [-0.2, 0) is 9.53 Å². The number of carboxylic acid groups (broad SMARTS) is 1. The van der Waals surface area contributed by atoms with E-state index in [1.165, 1.54) is 0 Å². The summed E-state index contributed by atoms with van der Waals surface area (Å²) in [4.78, 5) is 10.7. The van der Waals surface area contributed by atoms with Gasteiger partial charge < -0.3 is 25.2 Å². The number of rotatable bonds is 5. The monoisotopic (exact) mass is 253 g/mol. The molecule has 0 unspecified atom stereocenters. The van der Waals surface area contributed by atoms with Gasteiger partial charge in [0.05, 0.1) is 6.61 Å². The number of thiol groups is 1. The molecule has 1 aliphatic heterocycles. The molecule has 1 aliphatic rings. The maximum absolute atomic E-state index is 10.7. The van der Waals surface area contributed by atoms with Crippen molar-refractivity contribution in [2.45, 2.75) is 30.6 Å². The predicted octanol–water partition coefficient (Wildman–Crippen LogP) is -2.60. The summed E-state index contributed by atoms with van der Waals surface area (Å²) >= 11 is 3.83. The first-order valence-electron chi connectivity index (χ1n) is 4.73. The van der Waals surface area contributed by atoms with E-state index in [1.807, 2.05) is 0 Å². The zero-order chi connectivity index (χ0) is 12.3. The molecule has 16 heavy (non-hydrogen) atoms. The molecular formula is C8H15NO6S. The van der Waals surface area contributed by atoms with Crippen molar-refractivity contribution in [1.82, 2.24) is 5.32 Å². The zero-order valence-electron chi connectivity index (χ0n) is 8.35. The quantitative estimate of drug-likeness (QED) is 0.297. The fourth-order valence-corrected chi connectivity index (χ4v) is 1.70. The van der Waals surface area contributed by atoms with Crippen LogP contribution in [0, 0.1) is 0 Å². The topological polar surface area (TPSA) is 119 Å². The number of carboxylic acids is 1. The number of carbonyl (C=O) groups is 1. The van der Waals surface area contributed by atoms with Crippen molar-refractivity contribution >= 4 is 18.6 Å². The number of aliphatic carboxylic acids is 1. The van der Waals surface area contributed by atoms with Gasteiger partial charge >= 0.3 is 5.97 Å². The molecule has 0 saturated carbocycles. The lowest BCUT2D eigenvalue weighted by Gasteiger charge is -2.20. The van der Waals surface area contributed by atoms with Crippen molar-refractivity contribution < 1.29 is 30.0 Å². The molecule has 0 bridgehead atoms. The van der Waals surface area contributed by atoms with Gasteiger partial charge in [-0.2, -0.15) is 12.6 Å². The second-order valence-electron chi connectivity index (χ2n) is 3.50. The average Bonchev–Trinajstić information content (AvgIpc) is 2.52. The van der Waals surface area contributed by atoms with Crippen LogP contribution in [0.25, 0.3) is 0 Å². The van der Waals surface area contributed by atoms with Crippen molar-refractivity contribution in [2.75, 3.05) is 12.4 Å². The largest absolute Gasteiger partial charge is 0.480 e. The number of ether oxygens (including phenoxy) is 1. The highest BCUT2D eigenvalue weighted by Crippen LogP contribution is 2.19. The molecule has 5 N–H and O–H groups in total. The second-order valence-corrected chi connectivity index (χ2v) is 3.86. The van der Waals surface area contributed by atoms with Crippen LogP contribution in [-0.4, -0.2) is 69.3 Å². The van der Waals surface area contributed by atoms with Crippen molar-refractivity contribution in [1.29, 1.82) is 0 Å². The Morgan fingerprint density at radius 1 is 1.44 bits per heavy atom. The lowest BCUT2D eigenvalue weighted by Crippen LogP contribution is -2.49. The highest BCUT2D eigenvalue weighted by atomic mass is 32.1. The molecule has 94 valence electrons. The summed E-state index contributed by atoms with van der Waals surface area (Å²) in [6, 6.07) is -0.993. The summed E-state index contributed by atoms with van der Waals surface area (Å²) in [7, 11) is 0. The van der Waals surface area contributed by atoms with Crippen LogP contribution in [0.5, 0.6) is 0 Å². The Morgan fingerprint density at radius 2 is 2.06 bits per heavy atom. The van der Waals surface area contributed by atoms with Gasteiger partial charge in [-0.3, -0.25) is 10.1 Å². The van der Waals surface area contributed by atoms with Crippen LogP contribution in [0.2, 0.25) is 0 Å². The van der Waals surface area contributed by atoms with Gasteiger partial charge in [-0.25, -0.2) is 0 Å². The van der Waals surface area contributed by atoms with E-state index in [0.29, 0.717) is 0 Å². The fourth-order valence-electron chi connectivity index (χ4n) is 1.44. The van der Waals surface area contributed by atoms with Crippen molar-refractivity contribution in [2.24, 2.45) is 0 Å². The lowest BCUT2D eigenvalue weighted by molar-refractivity contribution is -0.140. The second kappa shape index (κ2) is 5.80. The smallest absolute Gasteiger partial charge is 0.321 e. The van der Waals surface area contributed by atoms with Gasteiger partial charge in [-0.05, 0) is 0 Å². The molecule has 0 aromatic carbocycles. The Balaban J connectivity index is 2.58. The third-order valence-corrected chi connectivity index (χ3v) is 2.75. The number of hydrogen-bond acceptors (Lipinski definition) is 7. The van der Waals surface area contributed by atoms with Crippen molar-refractivity contribution in [3.8, 4) is 0 Å². The zero-order valence-corrected chi connectivity index (χ0v) is 9.25. The van der Waals surface area contributed by atoms with Crippen LogP contribution in [0.15, 0.2) is 0 Å². The van der Waals surface area contributed by atoms with Crippen LogP contribution < -0.4 is 5.32 Å². The maximum atomic E-state index is 10.7. The first-order chi connectivity index (χ1) is 7.51. The van der Waals surface area contributed by atoms with E-state index in [4.69, 9.17) is 14.9 Å². The SMILES string of the molecule is O=C(O)[C@H](CS)N[C@@H]1O[C@@H](CO)[C@H](O)[C@H]1O. The van der Waals surface area contributed by atoms with Gasteiger partial charge in [0.15, 0.2) is 0 Å². The Labute approximate surface area is 97.4 Å². The molecule has 0 aromatic heterocycles. The van der Waals surface area contributed by atoms with Gasteiger partial charge in [-0.15, -0.1) is 0 Å². The summed E-state index contributed by atoms with van der Waals surface area (Å²) in [5, 5.41) is 39.0. The summed E-state index contributed by atoms with van der Waals surface area (Å²) in [5.74, 6) is -1.12. The Hall–Kier alpha value is -0.380. The van der Waals surface area contributed by atoms with Crippen molar-refractivity contribution in [3.05, 3.63) is 0 Å². The van der Waals surface area contributed by atoms with E-state index in [2.05, 4.69) is 17.9 Å². The molecule has 7 nitrogen and oxygen atoms in total. The molecule has 5 atom stereocenters. The van der Waals surface area contributed by atoms with Gasteiger partial charge in [0.2, 0.25) is 0 Å². The standard InChI is InChI=1S/C8H15NO6S/c10-1-4-5(11)6(12)7(15-4)9-3(2-16)8(13)14/h3-7,9-12,16H,1-2H2,(H,13,14)/t3-,4-,5-,6+,7+/m0/s1. The lowest BCUT2D eigenvalue weighted by atomic mass is 10.1.